The third-order valence-electron chi connectivity index (χ3n) is 6.10. The van der Waals surface area contributed by atoms with Crippen LogP contribution in [0.5, 0.6) is 0 Å². The third-order valence-corrected chi connectivity index (χ3v) is 6.10. The summed E-state index contributed by atoms with van der Waals surface area (Å²) in [7, 11) is 0. The van der Waals surface area contributed by atoms with Crippen molar-refractivity contribution in [2.45, 2.75) is 13.8 Å². The molecule has 3 aromatic rings. The number of nitrogens with one attached hydrogen (secondary N) is 1. The second-order valence-electron chi connectivity index (χ2n) is 8.62. The van der Waals surface area contributed by atoms with Crippen LogP contribution in [0.15, 0.2) is 58.5 Å². The molecule has 0 aliphatic carbocycles. The zero-order chi connectivity index (χ0) is 24.1. The number of nitriles is 1. The number of allylic oxidation sites excluding steroid dienone is 1. The first-order chi connectivity index (χ1) is 16.5. The minimum atomic E-state index is -0.472. The molecule has 0 bridgehead atoms. The Bertz CT molecular complexity index is 1250. The lowest BCUT2D eigenvalue weighted by atomic mass is 10.0. The monoisotopic (exact) mass is 459 g/mol. The lowest BCUT2D eigenvalue weighted by Gasteiger charge is -2.29. The van der Waals surface area contributed by atoms with Crippen LogP contribution >= 0.6 is 0 Å². The number of aliphatic hydroxyl groups excluding tert-OH is 1. The van der Waals surface area contributed by atoms with Gasteiger partial charge in [0.2, 0.25) is 0 Å². The molecule has 1 fully saturated rings. The zero-order valence-corrected chi connectivity index (χ0v) is 19.5. The molecule has 7 nitrogen and oxygen atoms in total. The molecule has 7 heteroatoms. The molecule has 4 rings (SSSR count). The Kier molecular flexibility index (Phi) is 7.31. The van der Waals surface area contributed by atoms with Crippen LogP contribution in [0.25, 0.3) is 27.7 Å². The van der Waals surface area contributed by atoms with Gasteiger partial charge in [0.05, 0.1) is 13.2 Å². The molecule has 1 unspecified atom stereocenters. The fraction of sp³-hybridized carbons (Fsp3) is 0.333. The number of carbonyl (C=O) groups is 1. The molecule has 0 radical (unpaired) electrons. The summed E-state index contributed by atoms with van der Waals surface area (Å²) in [6.45, 7) is 7.07. The van der Waals surface area contributed by atoms with Gasteiger partial charge in [-0.3, -0.25) is 4.79 Å². The quantitative estimate of drug-likeness (QED) is 0.410. The largest absolute Gasteiger partial charge is 0.456 e. The van der Waals surface area contributed by atoms with Crippen LogP contribution in [-0.2, 0) is 9.53 Å². The fourth-order valence-electron chi connectivity index (χ4n) is 3.95. The minimum Gasteiger partial charge on any atom is -0.456 e. The second-order valence-corrected chi connectivity index (χ2v) is 8.62. The number of hydrogen-bond donors (Lipinski definition) is 2. The third kappa shape index (κ3) is 5.14. The van der Waals surface area contributed by atoms with Gasteiger partial charge in [0.1, 0.15) is 23.2 Å². The summed E-state index contributed by atoms with van der Waals surface area (Å²) >= 11 is 0. The zero-order valence-electron chi connectivity index (χ0n) is 19.5. The highest BCUT2D eigenvalue weighted by molar-refractivity contribution is 6.04. The molecule has 1 amide bonds. The minimum absolute atomic E-state index is 0.000179. The Morgan fingerprint density at radius 1 is 1.15 bits per heavy atom. The van der Waals surface area contributed by atoms with E-state index in [9.17, 15) is 10.1 Å². The van der Waals surface area contributed by atoms with Gasteiger partial charge in [-0.1, -0.05) is 25.1 Å². The summed E-state index contributed by atoms with van der Waals surface area (Å²) < 4.78 is 11.5. The predicted molar refractivity (Wildman–Crippen MR) is 132 cm³/mol. The van der Waals surface area contributed by atoms with E-state index in [1.807, 2.05) is 25.1 Å². The lowest BCUT2D eigenvalue weighted by Crippen LogP contribution is -2.36. The molecule has 0 spiro atoms. The second kappa shape index (κ2) is 10.6. The summed E-state index contributed by atoms with van der Waals surface area (Å²) in [6.07, 6.45) is 0. The van der Waals surface area contributed by atoms with Gasteiger partial charge in [0.25, 0.3) is 5.91 Å². The van der Waals surface area contributed by atoms with Crippen molar-refractivity contribution in [3.05, 3.63) is 59.9 Å². The molecular formula is C27H29N3O4. The van der Waals surface area contributed by atoms with E-state index in [4.69, 9.17) is 14.3 Å². The maximum atomic E-state index is 12.4. The highest BCUT2D eigenvalue weighted by Crippen LogP contribution is 2.31. The van der Waals surface area contributed by atoms with E-state index < -0.39 is 5.91 Å². The Morgan fingerprint density at radius 2 is 1.88 bits per heavy atom. The summed E-state index contributed by atoms with van der Waals surface area (Å²) in [5.41, 5.74) is 2.59. The Balaban J connectivity index is 1.55. The van der Waals surface area contributed by atoms with Crippen molar-refractivity contribution in [2.75, 3.05) is 44.4 Å². The van der Waals surface area contributed by atoms with Crippen LogP contribution in [0.2, 0.25) is 0 Å². The molecule has 1 aliphatic rings. The maximum Gasteiger partial charge on any atom is 0.262 e. The van der Waals surface area contributed by atoms with Crippen molar-refractivity contribution >= 4 is 27.9 Å². The number of carbonyl (C=O) groups excluding carboxylic acids is 1. The van der Waals surface area contributed by atoms with Gasteiger partial charge in [-0.15, -0.1) is 0 Å². The molecule has 1 aliphatic heterocycles. The number of anilines is 1. The topological polar surface area (TPSA) is 98.7 Å². The molecule has 2 heterocycles. The Labute approximate surface area is 199 Å². The average molecular weight is 460 g/mol. The number of morpholine rings is 1. The summed E-state index contributed by atoms with van der Waals surface area (Å²) in [6, 6.07) is 18.2. The van der Waals surface area contributed by atoms with E-state index >= 15 is 0 Å². The van der Waals surface area contributed by atoms with Crippen LogP contribution in [0.3, 0.4) is 0 Å². The molecule has 2 aromatic carbocycles. The number of fused-ring (bicyclic) bond motifs is 1. The van der Waals surface area contributed by atoms with E-state index in [-0.39, 0.29) is 18.1 Å². The number of nitrogens with zero attached hydrogens (tertiary/aromatic N) is 2. The van der Waals surface area contributed by atoms with Crippen molar-refractivity contribution < 1.29 is 19.1 Å². The smallest absolute Gasteiger partial charge is 0.262 e. The van der Waals surface area contributed by atoms with E-state index in [1.54, 1.807) is 13.0 Å². The first kappa shape index (κ1) is 23.6. The first-order valence-corrected chi connectivity index (χ1v) is 11.5. The number of rotatable bonds is 7. The average Bonchev–Trinajstić information content (AvgIpc) is 3.38. The van der Waals surface area contributed by atoms with Gasteiger partial charge in [-0.2, -0.15) is 5.26 Å². The van der Waals surface area contributed by atoms with E-state index in [1.165, 1.54) is 5.69 Å². The van der Waals surface area contributed by atoms with Crippen LogP contribution < -0.4 is 10.2 Å². The SMILES string of the molecule is C/C(=C(/C#N)C(=O)NCC(C)CO)c1ccc(-c2ccc3cc(N4CCOCC4)ccc3c2)o1. The van der Waals surface area contributed by atoms with Crippen molar-refractivity contribution in [3.8, 4) is 17.4 Å². The van der Waals surface area contributed by atoms with Crippen LogP contribution in [-0.4, -0.2) is 50.5 Å². The van der Waals surface area contributed by atoms with E-state index in [0.29, 0.717) is 23.6 Å². The van der Waals surface area contributed by atoms with Crippen molar-refractivity contribution in [1.29, 1.82) is 5.26 Å². The van der Waals surface area contributed by atoms with Crippen LogP contribution in [0.1, 0.15) is 19.6 Å². The molecule has 0 saturated carbocycles. The molecule has 2 N–H and O–H groups in total. The first-order valence-electron chi connectivity index (χ1n) is 11.5. The van der Waals surface area contributed by atoms with E-state index in [2.05, 4.69) is 40.5 Å². The molecule has 1 saturated heterocycles. The highest BCUT2D eigenvalue weighted by Gasteiger charge is 2.17. The number of ether oxygens (including phenoxy) is 1. The molecule has 1 atom stereocenters. The van der Waals surface area contributed by atoms with Gasteiger partial charge in [0, 0.05) is 43.1 Å². The number of furan rings is 1. The summed E-state index contributed by atoms with van der Waals surface area (Å²) in [5.74, 6) is 0.581. The lowest BCUT2D eigenvalue weighted by molar-refractivity contribution is -0.117. The van der Waals surface area contributed by atoms with Gasteiger partial charge >= 0.3 is 0 Å². The Morgan fingerprint density at radius 3 is 2.62 bits per heavy atom. The van der Waals surface area contributed by atoms with Gasteiger partial charge in [-0.25, -0.2) is 0 Å². The van der Waals surface area contributed by atoms with Crippen molar-refractivity contribution in [1.82, 2.24) is 5.32 Å². The van der Waals surface area contributed by atoms with Gasteiger partial charge < -0.3 is 24.5 Å². The molecule has 34 heavy (non-hydrogen) atoms. The fourth-order valence-corrected chi connectivity index (χ4v) is 3.95. The number of aliphatic hydroxyl groups is 1. The molecule has 176 valence electrons. The maximum absolute atomic E-state index is 12.4. The van der Waals surface area contributed by atoms with E-state index in [0.717, 1.165) is 42.6 Å². The van der Waals surface area contributed by atoms with Gasteiger partial charge in [0.15, 0.2) is 0 Å². The Hall–Kier alpha value is -3.60. The number of hydrogen-bond acceptors (Lipinski definition) is 6. The standard InChI is InChI=1S/C27H29N3O4/c1-18(17-31)16-29-27(32)24(15-28)19(2)25-7-8-26(34-25)22-4-3-21-14-23(6-5-20(21)13-22)30-9-11-33-12-10-30/h3-8,13-14,18,31H,9-12,16-17H2,1-2H3,(H,29,32)/b24-19+. The summed E-state index contributed by atoms with van der Waals surface area (Å²) in [5, 5.41) is 23.6. The van der Waals surface area contributed by atoms with Crippen LogP contribution in [0, 0.1) is 17.2 Å². The van der Waals surface area contributed by atoms with Crippen LogP contribution in [0.4, 0.5) is 5.69 Å². The highest BCUT2D eigenvalue weighted by atomic mass is 16.5. The van der Waals surface area contributed by atoms with Crippen molar-refractivity contribution in [3.63, 3.8) is 0 Å². The predicted octanol–water partition coefficient (Wildman–Crippen LogP) is 3.98. The van der Waals surface area contributed by atoms with Crippen molar-refractivity contribution in [2.24, 2.45) is 5.92 Å². The van der Waals surface area contributed by atoms with Gasteiger partial charge in [-0.05, 0) is 53.9 Å². The molecule has 1 aromatic heterocycles. The number of amides is 1. The molecular weight excluding hydrogens is 430 g/mol. The summed E-state index contributed by atoms with van der Waals surface area (Å²) in [4.78, 5) is 14.8. The number of benzene rings is 2. The normalized spacial score (nSPS) is 15.5.